The topological polar surface area (TPSA) is 74.7 Å². The van der Waals surface area contributed by atoms with Crippen LogP contribution < -0.4 is 0 Å². The summed E-state index contributed by atoms with van der Waals surface area (Å²) in [7, 11) is -3.11. The second-order valence-corrected chi connectivity index (χ2v) is 8.08. The zero-order valence-electron chi connectivity index (χ0n) is 11.7. The second kappa shape index (κ2) is 5.42. The van der Waals surface area contributed by atoms with Gasteiger partial charge in [-0.15, -0.1) is 0 Å². The lowest BCUT2D eigenvalue weighted by atomic mass is 9.91. The Balaban J connectivity index is 1.75. The summed E-state index contributed by atoms with van der Waals surface area (Å²) in [6.45, 7) is 1.13. The Labute approximate surface area is 124 Å². The van der Waals surface area contributed by atoms with Gasteiger partial charge >= 0.3 is 5.97 Å². The Morgan fingerprint density at radius 2 is 1.81 bits per heavy atom. The van der Waals surface area contributed by atoms with Crippen molar-refractivity contribution in [1.82, 2.24) is 4.31 Å². The molecule has 6 heteroatoms. The highest BCUT2D eigenvalue weighted by atomic mass is 32.2. The van der Waals surface area contributed by atoms with Gasteiger partial charge in [0.1, 0.15) is 0 Å². The normalized spacial score (nSPS) is 23.9. The van der Waals surface area contributed by atoms with Crippen LogP contribution in [0.25, 0.3) is 0 Å². The molecule has 5 nitrogen and oxygen atoms in total. The quantitative estimate of drug-likeness (QED) is 0.924. The number of carboxylic acid groups (broad SMARTS) is 1. The second-order valence-electron chi connectivity index (χ2n) is 5.87. The molecule has 0 aromatic heterocycles. The van der Waals surface area contributed by atoms with E-state index in [9.17, 15) is 13.2 Å². The molecule has 1 atom stereocenters. The van der Waals surface area contributed by atoms with E-state index in [1.807, 2.05) is 0 Å². The van der Waals surface area contributed by atoms with Crippen LogP contribution in [0.1, 0.15) is 47.5 Å². The minimum atomic E-state index is -3.11. The molecular weight excluding hydrogens is 290 g/mol. The first-order valence-electron chi connectivity index (χ1n) is 7.30. The Morgan fingerprint density at radius 3 is 2.38 bits per heavy atom. The molecule has 1 aliphatic carbocycles. The fraction of sp³-hybridized carbons (Fsp3) is 0.533. The third-order valence-electron chi connectivity index (χ3n) is 4.32. The van der Waals surface area contributed by atoms with Gasteiger partial charge in [0.2, 0.25) is 10.0 Å². The van der Waals surface area contributed by atoms with E-state index in [2.05, 4.69) is 0 Å². The van der Waals surface area contributed by atoms with Crippen LogP contribution in [0.4, 0.5) is 0 Å². The van der Waals surface area contributed by atoms with Gasteiger partial charge in [0.15, 0.2) is 0 Å². The number of rotatable bonds is 4. The summed E-state index contributed by atoms with van der Waals surface area (Å²) in [5.74, 6) is -0.779. The standard InChI is InChI=1S/C15H19NO4S/c17-15(18)12-5-3-11(4-6-12)13-2-1-9-16(10-13)21(19,20)14-7-8-14/h3-6,13-14H,1-2,7-10H2,(H,17,18). The predicted molar refractivity (Wildman–Crippen MR) is 78.9 cm³/mol. The summed E-state index contributed by atoms with van der Waals surface area (Å²) in [6, 6.07) is 6.79. The molecule has 1 aromatic carbocycles. The number of hydrogen-bond donors (Lipinski definition) is 1. The zero-order chi connectivity index (χ0) is 15.0. The smallest absolute Gasteiger partial charge is 0.335 e. The van der Waals surface area contributed by atoms with Crippen LogP contribution in [-0.4, -0.2) is 42.1 Å². The highest BCUT2D eigenvalue weighted by Gasteiger charge is 2.41. The number of nitrogens with zero attached hydrogens (tertiary/aromatic N) is 1. The molecule has 2 aliphatic rings. The number of aromatic carboxylic acids is 1. The number of carboxylic acids is 1. The van der Waals surface area contributed by atoms with Gasteiger partial charge in [-0.1, -0.05) is 12.1 Å². The minimum Gasteiger partial charge on any atom is -0.478 e. The van der Waals surface area contributed by atoms with Crippen molar-refractivity contribution in [1.29, 1.82) is 0 Å². The van der Waals surface area contributed by atoms with Crippen molar-refractivity contribution in [2.45, 2.75) is 36.9 Å². The number of carbonyl (C=O) groups is 1. The van der Waals surface area contributed by atoms with Gasteiger partial charge in [-0.25, -0.2) is 17.5 Å². The molecule has 0 bridgehead atoms. The number of hydrogen-bond acceptors (Lipinski definition) is 3. The maximum atomic E-state index is 12.3. The zero-order valence-corrected chi connectivity index (χ0v) is 12.6. The molecule has 3 rings (SSSR count). The molecule has 1 saturated heterocycles. The highest BCUT2D eigenvalue weighted by molar-refractivity contribution is 7.90. The molecule has 1 unspecified atom stereocenters. The molecule has 2 fully saturated rings. The summed E-state index contributed by atoms with van der Waals surface area (Å²) in [5, 5.41) is 8.75. The molecule has 0 radical (unpaired) electrons. The largest absolute Gasteiger partial charge is 0.478 e. The van der Waals surface area contributed by atoms with Gasteiger partial charge in [-0.05, 0) is 49.3 Å². The molecule has 1 aromatic rings. The molecule has 1 heterocycles. The molecule has 1 aliphatic heterocycles. The summed E-state index contributed by atoms with van der Waals surface area (Å²) in [6.07, 6.45) is 3.38. The van der Waals surface area contributed by atoms with Crippen LogP contribution in [0.2, 0.25) is 0 Å². The first-order valence-corrected chi connectivity index (χ1v) is 8.81. The van der Waals surface area contributed by atoms with Crippen LogP contribution in [0.15, 0.2) is 24.3 Å². The number of benzene rings is 1. The SMILES string of the molecule is O=C(O)c1ccc(C2CCCN(S(=O)(=O)C3CC3)C2)cc1. The maximum absolute atomic E-state index is 12.3. The molecule has 21 heavy (non-hydrogen) atoms. The summed E-state index contributed by atoms with van der Waals surface area (Å²) in [5.41, 5.74) is 1.28. The lowest BCUT2D eigenvalue weighted by Crippen LogP contribution is -2.40. The van der Waals surface area contributed by atoms with Crippen molar-refractivity contribution < 1.29 is 18.3 Å². The van der Waals surface area contributed by atoms with Crippen LogP contribution in [0.3, 0.4) is 0 Å². The van der Waals surface area contributed by atoms with Crippen LogP contribution in [0.5, 0.6) is 0 Å². The van der Waals surface area contributed by atoms with E-state index in [-0.39, 0.29) is 16.7 Å². The summed E-state index contributed by atoms with van der Waals surface area (Å²) in [4.78, 5) is 10.9. The molecule has 114 valence electrons. The molecular formula is C15H19NO4S. The lowest BCUT2D eigenvalue weighted by molar-refractivity contribution is 0.0697. The van der Waals surface area contributed by atoms with Crippen molar-refractivity contribution in [3.63, 3.8) is 0 Å². The fourth-order valence-electron chi connectivity index (χ4n) is 2.92. The minimum absolute atomic E-state index is 0.161. The van der Waals surface area contributed by atoms with E-state index in [0.29, 0.717) is 13.1 Å². The fourth-order valence-corrected chi connectivity index (χ4v) is 4.84. The summed E-state index contributed by atoms with van der Waals surface area (Å²) < 4.78 is 26.3. The molecule has 0 amide bonds. The predicted octanol–water partition coefficient (Wildman–Crippen LogP) is 2.06. The van der Waals surface area contributed by atoms with Gasteiger partial charge < -0.3 is 5.11 Å². The Bertz CT molecular complexity index is 634. The Kier molecular flexibility index (Phi) is 3.75. The molecule has 1 saturated carbocycles. The van der Waals surface area contributed by atoms with Crippen molar-refractivity contribution in [3.05, 3.63) is 35.4 Å². The lowest BCUT2D eigenvalue weighted by Gasteiger charge is -2.32. The van der Waals surface area contributed by atoms with E-state index in [0.717, 1.165) is 31.2 Å². The summed E-state index contributed by atoms with van der Waals surface area (Å²) >= 11 is 0. The highest BCUT2D eigenvalue weighted by Crippen LogP contribution is 2.35. The maximum Gasteiger partial charge on any atom is 0.335 e. The Morgan fingerprint density at radius 1 is 1.14 bits per heavy atom. The van der Waals surface area contributed by atoms with E-state index in [1.54, 1.807) is 28.6 Å². The average molecular weight is 309 g/mol. The Hall–Kier alpha value is -1.40. The van der Waals surface area contributed by atoms with E-state index < -0.39 is 16.0 Å². The van der Waals surface area contributed by atoms with Crippen molar-refractivity contribution >= 4 is 16.0 Å². The van der Waals surface area contributed by atoms with Gasteiger partial charge in [-0.3, -0.25) is 0 Å². The van der Waals surface area contributed by atoms with Crippen LogP contribution in [-0.2, 0) is 10.0 Å². The number of sulfonamides is 1. The van der Waals surface area contributed by atoms with E-state index in [1.165, 1.54) is 0 Å². The van der Waals surface area contributed by atoms with Crippen LogP contribution >= 0.6 is 0 Å². The molecule has 1 N–H and O–H groups in total. The van der Waals surface area contributed by atoms with Gasteiger partial charge in [0, 0.05) is 13.1 Å². The number of piperidine rings is 1. The van der Waals surface area contributed by atoms with Crippen molar-refractivity contribution in [2.75, 3.05) is 13.1 Å². The first-order chi connectivity index (χ1) is 9.98. The average Bonchev–Trinajstić information content (AvgIpc) is 3.32. The van der Waals surface area contributed by atoms with Crippen molar-refractivity contribution in [3.8, 4) is 0 Å². The first kappa shape index (κ1) is 14.5. The van der Waals surface area contributed by atoms with Gasteiger partial charge in [0.05, 0.1) is 10.8 Å². The van der Waals surface area contributed by atoms with Crippen LogP contribution in [0, 0.1) is 0 Å². The van der Waals surface area contributed by atoms with E-state index >= 15 is 0 Å². The third-order valence-corrected chi connectivity index (χ3v) is 6.68. The van der Waals surface area contributed by atoms with Gasteiger partial charge in [-0.2, -0.15) is 0 Å². The van der Waals surface area contributed by atoms with Crippen molar-refractivity contribution in [2.24, 2.45) is 0 Å². The molecule has 0 spiro atoms. The monoisotopic (exact) mass is 309 g/mol. The van der Waals surface area contributed by atoms with Gasteiger partial charge in [0.25, 0.3) is 0 Å². The van der Waals surface area contributed by atoms with E-state index in [4.69, 9.17) is 5.11 Å². The third kappa shape index (κ3) is 2.96.